The molecule has 43 heavy (non-hydrogen) atoms. The minimum absolute atomic E-state index is 0.181. The molecule has 1 atom stereocenters. The number of hydrogen-bond acceptors (Lipinski definition) is 1. The van der Waals surface area contributed by atoms with Gasteiger partial charge >= 0.3 is 6.85 Å². The van der Waals surface area contributed by atoms with Gasteiger partial charge in [0.1, 0.15) is 0 Å². The molecule has 0 saturated heterocycles. The highest BCUT2D eigenvalue weighted by atomic mass is 15.1. The average Bonchev–Trinajstić information content (AvgIpc) is 3.04. The van der Waals surface area contributed by atoms with Crippen LogP contribution in [0, 0.1) is 29.4 Å². The van der Waals surface area contributed by atoms with Crippen LogP contribution in [0.1, 0.15) is 31.4 Å². The molecule has 5 aromatic carbocycles. The van der Waals surface area contributed by atoms with E-state index in [2.05, 4.69) is 145 Å². The van der Waals surface area contributed by atoms with Crippen molar-refractivity contribution < 1.29 is 0 Å². The van der Waals surface area contributed by atoms with Crippen LogP contribution in [-0.2, 0) is 0 Å². The van der Waals surface area contributed by atoms with Gasteiger partial charge in [0.25, 0.3) is 0 Å². The van der Waals surface area contributed by atoms with E-state index in [4.69, 9.17) is 0 Å². The summed E-state index contributed by atoms with van der Waals surface area (Å²) in [5.41, 5.74) is 7.27. The van der Waals surface area contributed by atoms with Crippen molar-refractivity contribution in [3.63, 3.8) is 0 Å². The lowest BCUT2D eigenvalue weighted by atomic mass is 9.61. The lowest BCUT2D eigenvalue weighted by Crippen LogP contribution is -2.37. The molecule has 5 aromatic rings. The highest BCUT2D eigenvalue weighted by Gasteiger charge is 2.27. The molecule has 0 spiro atoms. The lowest BCUT2D eigenvalue weighted by Gasteiger charge is -2.29. The molecule has 0 heterocycles. The molecular formula is C41H30BN. The predicted octanol–water partition coefficient (Wildman–Crippen LogP) is 7.41. The Morgan fingerprint density at radius 2 is 1.63 bits per heavy atom. The lowest BCUT2D eigenvalue weighted by molar-refractivity contribution is 0.574. The van der Waals surface area contributed by atoms with E-state index in [0.717, 1.165) is 29.8 Å². The second-order valence-electron chi connectivity index (χ2n) is 11.7. The molecule has 3 aliphatic carbocycles. The molecule has 0 aromatic heterocycles. The number of nitrogens with zero attached hydrogens (tertiary/aromatic N) is 1. The summed E-state index contributed by atoms with van der Waals surface area (Å²) in [6.45, 7) is 8.98. The van der Waals surface area contributed by atoms with Gasteiger partial charge in [-0.1, -0.05) is 109 Å². The van der Waals surface area contributed by atoms with Crippen molar-refractivity contribution in [1.29, 1.82) is 0 Å². The Hall–Kier alpha value is -5.18. The molecule has 8 rings (SSSR count). The first-order chi connectivity index (χ1) is 21.1. The molecule has 2 heteroatoms. The SMILES string of the molecule is C=C(C)N(CC)B(C#CC1=CC=C2CC=c3cccc4c3=C2C1C=C4)C#Cc1ccc2ccc3cccc4ccc1c2c34. The maximum atomic E-state index is 4.27. The van der Waals surface area contributed by atoms with E-state index in [1.54, 1.807) is 0 Å². The summed E-state index contributed by atoms with van der Waals surface area (Å²) in [4.78, 5) is 2.20. The van der Waals surface area contributed by atoms with Gasteiger partial charge in [-0.2, -0.15) is 0 Å². The smallest absolute Gasteiger partial charge is 0.398 e. The number of rotatable bonds is 3. The molecule has 0 radical (unpaired) electrons. The van der Waals surface area contributed by atoms with Gasteiger partial charge in [-0.25, -0.2) is 0 Å². The number of benzene rings is 5. The molecule has 3 aliphatic rings. The zero-order valence-corrected chi connectivity index (χ0v) is 24.5. The fraction of sp³-hybridized carbons (Fsp3) is 0.122. The summed E-state index contributed by atoms with van der Waals surface area (Å²) in [7, 11) is 0. The van der Waals surface area contributed by atoms with Gasteiger partial charge in [-0.3, -0.25) is 0 Å². The molecule has 1 nitrogen and oxygen atoms in total. The van der Waals surface area contributed by atoms with E-state index in [1.165, 1.54) is 59.5 Å². The fourth-order valence-corrected chi connectivity index (χ4v) is 7.19. The van der Waals surface area contributed by atoms with Crippen LogP contribution in [0.3, 0.4) is 0 Å². The second-order valence-corrected chi connectivity index (χ2v) is 11.7. The van der Waals surface area contributed by atoms with Crippen molar-refractivity contribution in [2.75, 3.05) is 6.54 Å². The van der Waals surface area contributed by atoms with Gasteiger partial charge in [-0.05, 0) is 97.6 Å². The highest BCUT2D eigenvalue weighted by molar-refractivity contribution is 6.73. The predicted molar refractivity (Wildman–Crippen MR) is 185 cm³/mol. The van der Waals surface area contributed by atoms with Gasteiger partial charge in [-0.15, -0.1) is 11.6 Å². The van der Waals surface area contributed by atoms with Crippen molar-refractivity contribution in [2.24, 2.45) is 5.92 Å². The third kappa shape index (κ3) is 4.06. The Balaban J connectivity index is 1.23. The number of hydrogen-bond donors (Lipinski definition) is 0. The van der Waals surface area contributed by atoms with Gasteiger partial charge in [0.15, 0.2) is 0 Å². The monoisotopic (exact) mass is 547 g/mol. The van der Waals surface area contributed by atoms with Crippen molar-refractivity contribution in [2.45, 2.75) is 20.3 Å². The van der Waals surface area contributed by atoms with Crippen molar-refractivity contribution >= 4 is 56.9 Å². The van der Waals surface area contributed by atoms with Gasteiger partial charge < -0.3 is 4.81 Å². The Morgan fingerprint density at radius 1 is 0.884 bits per heavy atom. The van der Waals surface area contributed by atoms with Crippen LogP contribution >= 0.6 is 0 Å². The summed E-state index contributed by atoms with van der Waals surface area (Å²) < 4.78 is 0. The van der Waals surface area contributed by atoms with E-state index >= 15 is 0 Å². The van der Waals surface area contributed by atoms with Gasteiger partial charge in [0.05, 0.1) is 0 Å². The molecule has 0 saturated carbocycles. The zero-order chi connectivity index (χ0) is 29.1. The van der Waals surface area contributed by atoms with Crippen molar-refractivity contribution in [3.8, 4) is 23.5 Å². The topological polar surface area (TPSA) is 3.24 Å². The third-order valence-corrected chi connectivity index (χ3v) is 9.23. The zero-order valence-electron chi connectivity index (χ0n) is 24.5. The highest BCUT2D eigenvalue weighted by Crippen LogP contribution is 2.38. The van der Waals surface area contributed by atoms with Crippen LogP contribution in [0.2, 0.25) is 0 Å². The van der Waals surface area contributed by atoms with E-state index in [0.29, 0.717) is 0 Å². The van der Waals surface area contributed by atoms with Crippen LogP contribution in [-0.4, -0.2) is 18.2 Å². The summed E-state index contributed by atoms with van der Waals surface area (Å²) >= 11 is 0. The minimum Gasteiger partial charge on any atom is -0.398 e. The maximum Gasteiger partial charge on any atom is 0.429 e. The van der Waals surface area contributed by atoms with E-state index < -0.39 is 0 Å². The molecule has 0 N–H and O–H groups in total. The van der Waals surface area contributed by atoms with E-state index in [1.807, 2.05) is 6.92 Å². The van der Waals surface area contributed by atoms with Crippen LogP contribution in [0.15, 0.2) is 114 Å². The fourth-order valence-electron chi connectivity index (χ4n) is 7.19. The summed E-state index contributed by atoms with van der Waals surface area (Å²) in [5.74, 6) is 14.5. The Bertz CT molecular complexity index is 2340. The molecule has 1 unspecified atom stereocenters. The molecule has 0 amide bonds. The molecule has 0 bridgehead atoms. The van der Waals surface area contributed by atoms with Crippen LogP contribution in [0.5, 0.6) is 0 Å². The first-order valence-corrected chi connectivity index (χ1v) is 15.1. The summed E-state index contributed by atoms with van der Waals surface area (Å²) in [6.07, 6.45) is 12.4. The molecular weight excluding hydrogens is 517 g/mol. The Kier molecular flexibility index (Phi) is 5.92. The molecule has 202 valence electrons. The summed E-state index contributed by atoms with van der Waals surface area (Å²) in [6, 6.07) is 26.4. The standard InChI is InChI=1S/C41H30BN/c1-4-43(27(2)3)42(25-23-28-11-13-34-17-15-30-7-5-9-32-19-21-36(28)40(34)38(30)32)26-24-29-12-14-35-18-16-31-8-6-10-33-20-22-37(29)41(35)39(31)33/h5-17,19-22,37H,2,4,18H2,1,3H3. The average molecular weight is 548 g/mol. The van der Waals surface area contributed by atoms with Crippen LogP contribution in [0.25, 0.3) is 50.0 Å². The molecule has 0 aliphatic heterocycles. The normalized spacial score (nSPS) is 16.0. The molecule has 0 fully saturated rings. The van der Waals surface area contributed by atoms with E-state index in [-0.39, 0.29) is 12.8 Å². The Morgan fingerprint density at radius 3 is 2.44 bits per heavy atom. The van der Waals surface area contributed by atoms with Crippen molar-refractivity contribution in [3.05, 3.63) is 136 Å². The minimum atomic E-state index is -0.271. The third-order valence-electron chi connectivity index (χ3n) is 9.23. The van der Waals surface area contributed by atoms with Crippen LogP contribution in [0.4, 0.5) is 0 Å². The summed E-state index contributed by atoms with van der Waals surface area (Å²) in [5, 5.41) is 10.3. The number of allylic oxidation sites excluding steroid dienone is 6. The van der Waals surface area contributed by atoms with Crippen molar-refractivity contribution in [1.82, 2.24) is 4.81 Å². The second kappa shape index (κ2) is 9.98. The van der Waals surface area contributed by atoms with E-state index in [9.17, 15) is 0 Å². The maximum absolute atomic E-state index is 4.27. The first-order valence-electron chi connectivity index (χ1n) is 15.1. The largest absolute Gasteiger partial charge is 0.429 e. The Labute approximate surface area is 253 Å². The quantitative estimate of drug-likeness (QED) is 0.129. The van der Waals surface area contributed by atoms with Gasteiger partial charge in [0, 0.05) is 23.6 Å². The van der Waals surface area contributed by atoms with Gasteiger partial charge in [0.2, 0.25) is 0 Å². The van der Waals surface area contributed by atoms with Crippen LogP contribution < -0.4 is 10.4 Å². The first kappa shape index (κ1) is 25.5.